The van der Waals surface area contributed by atoms with Gasteiger partial charge in [0.1, 0.15) is 11.6 Å². The monoisotopic (exact) mass is 443 g/mol. The van der Waals surface area contributed by atoms with Crippen LogP contribution in [0.15, 0.2) is 28.8 Å². The second-order valence-corrected chi connectivity index (χ2v) is 9.93. The van der Waals surface area contributed by atoms with Gasteiger partial charge in [0.25, 0.3) is 0 Å². The van der Waals surface area contributed by atoms with Gasteiger partial charge in [0.2, 0.25) is 11.8 Å². The van der Waals surface area contributed by atoms with E-state index in [0.29, 0.717) is 6.42 Å². The van der Waals surface area contributed by atoms with Crippen molar-refractivity contribution in [2.75, 3.05) is 0 Å². The van der Waals surface area contributed by atoms with Gasteiger partial charge in [0.05, 0.1) is 11.8 Å². The van der Waals surface area contributed by atoms with Crippen LogP contribution in [0.25, 0.3) is 11.3 Å². The highest BCUT2D eigenvalue weighted by atomic mass is 19.1. The number of hydrogen-bond donors (Lipinski definition) is 2. The van der Waals surface area contributed by atoms with Gasteiger partial charge < -0.3 is 4.42 Å². The fourth-order valence-corrected chi connectivity index (χ4v) is 6.55. The van der Waals surface area contributed by atoms with E-state index in [-0.39, 0.29) is 47.3 Å². The summed E-state index contributed by atoms with van der Waals surface area (Å²) in [6, 6.07) is 3.19. The minimum Gasteiger partial charge on any atom is -0.441 e. The summed E-state index contributed by atoms with van der Waals surface area (Å²) in [4.78, 5) is 28.7. The molecule has 32 heavy (non-hydrogen) atoms. The fraction of sp³-hybridized carbons (Fsp3) is 0.542. The summed E-state index contributed by atoms with van der Waals surface area (Å²) >= 11 is 0. The molecule has 1 heterocycles. The van der Waals surface area contributed by atoms with E-state index in [1.54, 1.807) is 0 Å². The average Bonchev–Trinajstić information content (AvgIpc) is 3.18. The molecule has 2 N–H and O–H groups in total. The predicted octanol–water partition coefficient (Wildman–Crippen LogP) is 4.31. The number of hydrazine groups is 1. The zero-order valence-corrected chi connectivity index (χ0v) is 17.8. The molecule has 2 aromatic rings. The van der Waals surface area contributed by atoms with Crippen LogP contribution in [0.4, 0.5) is 8.78 Å². The molecule has 6 rings (SSSR count). The number of nitrogens with zero attached hydrogens (tertiary/aromatic N) is 1. The van der Waals surface area contributed by atoms with Crippen LogP contribution in [0.3, 0.4) is 0 Å². The number of carbonyl (C=O) groups excluding carboxylic acids is 2. The number of aromatic nitrogens is 1. The van der Waals surface area contributed by atoms with Crippen molar-refractivity contribution >= 4 is 11.8 Å². The molecule has 0 unspecified atom stereocenters. The van der Waals surface area contributed by atoms with Crippen molar-refractivity contribution in [3.8, 4) is 11.3 Å². The number of carbonyl (C=O) groups is 2. The van der Waals surface area contributed by atoms with Gasteiger partial charge in [-0.15, -0.1) is 0 Å². The van der Waals surface area contributed by atoms with E-state index in [0.717, 1.165) is 49.1 Å². The molecule has 8 heteroatoms. The largest absolute Gasteiger partial charge is 0.441 e. The third-order valence-electron chi connectivity index (χ3n) is 7.36. The number of benzene rings is 1. The second-order valence-electron chi connectivity index (χ2n) is 9.93. The molecule has 1 aromatic heterocycles. The van der Waals surface area contributed by atoms with E-state index in [1.807, 2.05) is 0 Å². The van der Waals surface area contributed by atoms with Crippen LogP contribution in [-0.2, 0) is 16.0 Å². The predicted molar refractivity (Wildman–Crippen MR) is 112 cm³/mol. The Morgan fingerprint density at radius 1 is 1.03 bits per heavy atom. The van der Waals surface area contributed by atoms with Crippen LogP contribution in [-0.4, -0.2) is 16.8 Å². The molecular weight excluding hydrogens is 416 g/mol. The zero-order chi connectivity index (χ0) is 22.3. The Labute approximate surface area is 185 Å². The van der Waals surface area contributed by atoms with Gasteiger partial charge in [-0.05, 0) is 73.8 Å². The SMILES string of the molecule is O=C(CCc1ncc(-c2ccc(F)cc2F)o1)NNC(=O)CC12CC3CC(CC(C3)C1)C2. The Balaban J connectivity index is 1.08. The molecule has 0 atom stereocenters. The number of hydrogen-bond acceptors (Lipinski definition) is 4. The summed E-state index contributed by atoms with van der Waals surface area (Å²) in [5, 5.41) is 0. The molecule has 4 aliphatic carbocycles. The normalized spacial score (nSPS) is 28.0. The summed E-state index contributed by atoms with van der Waals surface area (Å²) in [5.41, 5.74) is 5.26. The van der Waals surface area contributed by atoms with Crippen LogP contribution < -0.4 is 10.9 Å². The number of rotatable bonds is 6. The molecule has 0 radical (unpaired) electrons. The maximum atomic E-state index is 13.9. The molecular formula is C24H27F2N3O3. The molecule has 2 amide bonds. The first-order valence-corrected chi connectivity index (χ1v) is 11.4. The van der Waals surface area contributed by atoms with Crippen LogP contribution in [0.5, 0.6) is 0 Å². The molecule has 4 aliphatic rings. The van der Waals surface area contributed by atoms with Crippen molar-refractivity contribution in [2.45, 2.75) is 57.8 Å². The van der Waals surface area contributed by atoms with Crippen molar-refractivity contribution in [3.63, 3.8) is 0 Å². The minimum absolute atomic E-state index is 0.0590. The number of nitrogens with one attached hydrogen (secondary N) is 2. The summed E-state index contributed by atoms with van der Waals surface area (Å²) in [6.07, 6.45) is 9.48. The number of amides is 2. The number of oxazole rings is 1. The molecule has 0 saturated heterocycles. The van der Waals surface area contributed by atoms with E-state index in [9.17, 15) is 18.4 Å². The molecule has 4 saturated carbocycles. The fourth-order valence-electron chi connectivity index (χ4n) is 6.55. The summed E-state index contributed by atoms with van der Waals surface area (Å²) in [7, 11) is 0. The Hall–Kier alpha value is -2.77. The molecule has 170 valence electrons. The highest BCUT2D eigenvalue weighted by Gasteiger charge is 2.51. The van der Waals surface area contributed by atoms with Gasteiger partial charge in [-0.3, -0.25) is 20.4 Å². The lowest BCUT2D eigenvalue weighted by atomic mass is 9.49. The first-order valence-electron chi connectivity index (χ1n) is 11.4. The lowest BCUT2D eigenvalue weighted by Crippen LogP contribution is -2.50. The highest BCUT2D eigenvalue weighted by molar-refractivity contribution is 5.82. The summed E-state index contributed by atoms with van der Waals surface area (Å²) < 4.78 is 32.4. The quantitative estimate of drug-likeness (QED) is 0.652. The van der Waals surface area contributed by atoms with Crippen LogP contribution >= 0.6 is 0 Å². The zero-order valence-electron chi connectivity index (χ0n) is 17.8. The van der Waals surface area contributed by atoms with Gasteiger partial charge in [0.15, 0.2) is 11.7 Å². The van der Waals surface area contributed by atoms with Crippen molar-refractivity contribution in [1.29, 1.82) is 0 Å². The lowest BCUT2D eigenvalue weighted by molar-refractivity contribution is -0.134. The lowest BCUT2D eigenvalue weighted by Gasteiger charge is -2.56. The average molecular weight is 443 g/mol. The third kappa shape index (κ3) is 4.40. The second kappa shape index (κ2) is 8.30. The topological polar surface area (TPSA) is 84.2 Å². The first kappa shape index (κ1) is 21.1. The third-order valence-corrected chi connectivity index (χ3v) is 7.36. The van der Waals surface area contributed by atoms with E-state index in [2.05, 4.69) is 15.8 Å². The van der Waals surface area contributed by atoms with E-state index < -0.39 is 11.6 Å². The van der Waals surface area contributed by atoms with Gasteiger partial charge in [-0.1, -0.05) is 0 Å². The van der Waals surface area contributed by atoms with E-state index in [4.69, 9.17) is 4.42 Å². The first-order chi connectivity index (χ1) is 15.4. The van der Waals surface area contributed by atoms with Gasteiger partial charge in [-0.2, -0.15) is 0 Å². The maximum absolute atomic E-state index is 13.9. The summed E-state index contributed by atoms with van der Waals surface area (Å²) in [6.45, 7) is 0. The van der Waals surface area contributed by atoms with Crippen molar-refractivity contribution in [3.05, 3.63) is 41.9 Å². The molecule has 4 fully saturated rings. The maximum Gasteiger partial charge on any atom is 0.238 e. The van der Waals surface area contributed by atoms with Crippen LogP contribution in [0.2, 0.25) is 0 Å². The van der Waals surface area contributed by atoms with Crippen LogP contribution in [0, 0.1) is 34.8 Å². The molecule has 0 spiro atoms. The summed E-state index contributed by atoms with van der Waals surface area (Å²) in [5.74, 6) is 0.857. The van der Waals surface area contributed by atoms with Crippen molar-refractivity contribution < 1.29 is 22.8 Å². The van der Waals surface area contributed by atoms with Gasteiger partial charge in [-0.25, -0.2) is 13.8 Å². The van der Waals surface area contributed by atoms with Gasteiger partial charge in [0, 0.05) is 25.3 Å². The highest BCUT2D eigenvalue weighted by Crippen LogP contribution is 2.61. The standard InChI is InChI=1S/C24H27F2N3O3/c25-17-1-2-18(19(26)8-17)20-13-27-23(32-20)4-3-21(30)28-29-22(31)12-24-9-14-5-15(10-24)7-16(6-14)11-24/h1-2,8,13-16H,3-7,9-12H2,(H,28,30)(H,29,31). The number of aryl methyl sites for hydroxylation is 1. The Kier molecular flexibility index (Phi) is 5.47. The molecule has 4 bridgehead atoms. The number of halogens is 2. The van der Waals surface area contributed by atoms with E-state index in [1.165, 1.54) is 31.5 Å². The smallest absolute Gasteiger partial charge is 0.238 e. The van der Waals surface area contributed by atoms with Crippen molar-refractivity contribution in [2.24, 2.45) is 23.2 Å². The van der Waals surface area contributed by atoms with Crippen LogP contribution in [0.1, 0.15) is 57.3 Å². The molecule has 1 aromatic carbocycles. The Morgan fingerprint density at radius 3 is 2.34 bits per heavy atom. The van der Waals surface area contributed by atoms with Gasteiger partial charge >= 0.3 is 0 Å². The van der Waals surface area contributed by atoms with E-state index >= 15 is 0 Å². The Morgan fingerprint density at radius 2 is 1.69 bits per heavy atom. The molecule has 0 aliphatic heterocycles. The minimum atomic E-state index is -0.743. The van der Waals surface area contributed by atoms with Crippen molar-refractivity contribution in [1.82, 2.24) is 15.8 Å². The Bertz CT molecular complexity index is 1000. The molecule has 6 nitrogen and oxygen atoms in total.